The van der Waals surface area contributed by atoms with Gasteiger partial charge in [-0.05, 0) is 50.3 Å². The molecule has 2 N–H and O–H groups in total. The van der Waals surface area contributed by atoms with Crippen molar-refractivity contribution in [2.24, 2.45) is 11.7 Å². The van der Waals surface area contributed by atoms with E-state index in [0.717, 1.165) is 12.5 Å². The highest BCUT2D eigenvalue weighted by atomic mass is 15.1. The molecule has 88 valence electrons. The average molecular weight is 218 g/mol. The minimum atomic E-state index is 0.132. The molecular weight excluding hydrogens is 196 g/mol. The van der Waals surface area contributed by atoms with Crippen LogP contribution in [0.5, 0.6) is 0 Å². The zero-order valence-electron chi connectivity index (χ0n) is 10.3. The first-order valence-corrected chi connectivity index (χ1v) is 6.31. The van der Waals surface area contributed by atoms with Gasteiger partial charge in [-0.2, -0.15) is 0 Å². The number of nitrogens with zero attached hydrogens (tertiary/aromatic N) is 1. The average Bonchev–Trinajstić information content (AvgIpc) is 3.10. The van der Waals surface area contributed by atoms with Gasteiger partial charge in [-0.15, -0.1) is 0 Å². The van der Waals surface area contributed by atoms with Crippen molar-refractivity contribution in [1.82, 2.24) is 0 Å². The van der Waals surface area contributed by atoms with Crippen molar-refractivity contribution in [2.45, 2.75) is 32.7 Å². The third-order valence-corrected chi connectivity index (χ3v) is 3.34. The van der Waals surface area contributed by atoms with Gasteiger partial charge in [-0.3, -0.25) is 0 Å². The SMILES string of the molecule is CCN(CC1CC1)c1ccc([C@@H](C)N)cc1. The van der Waals surface area contributed by atoms with Crippen molar-refractivity contribution < 1.29 is 0 Å². The Labute approximate surface area is 98.4 Å². The van der Waals surface area contributed by atoms with E-state index in [2.05, 4.69) is 36.1 Å². The topological polar surface area (TPSA) is 29.3 Å². The normalized spacial score (nSPS) is 17.2. The minimum absolute atomic E-state index is 0.132. The van der Waals surface area contributed by atoms with Crippen molar-refractivity contribution in [2.75, 3.05) is 18.0 Å². The fourth-order valence-electron chi connectivity index (χ4n) is 2.02. The molecule has 2 nitrogen and oxygen atoms in total. The van der Waals surface area contributed by atoms with E-state index in [1.807, 2.05) is 6.92 Å². The Morgan fingerprint density at radius 3 is 2.38 bits per heavy atom. The van der Waals surface area contributed by atoms with E-state index in [1.54, 1.807) is 0 Å². The third kappa shape index (κ3) is 2.76. The Morgan fingerprint density at radius 2 is 1.94 bits per heavy atom. The summed E-state index contributed by atoms with van der Waals surface area (Å²) in [5, 5.41) is 0. The van der Waals surface area contributed by atoms with E-state index in [0.29, 0.717) is 0 Å². The highest BCUT2D eigenvalue weighted by Gasteiger charge is 2.23. The van der Waals surface area contributed by atoms with Crippen LogP contribution in [0, 0.1) is 5.92 Å². The lowest BCUT2D eigenvalue weighted by Gasteiger charge is -2.23. The molecule has 1 aromatic carbocycles. The van der Waals surface area contributed by atoms with Crippen LogP contribution in [0.25, 0.3) is 0 Å². The van der Waals surface area contributed by atoms with Crippen LogP contribution in [0.2, 0.25) is 0 Å². The van der Waals surface area contributed by atoms with Gasteiger partial charge in [0, 0.05) is 24.8 Å². The van der Waals surface area contributed by atoms with Crippen LogP contribution in [-0.4, -0.2) is 13.1 Å². The maximum absolute atomic E-state index is 5.85. The van der Waals surface area contributed by atoms with Crippen LogP contribution in [0.1, 0.15) is 38.3 Å². The predicted molar refractivity (Wildman–Crippen MR) is 69.7 cm³/mol. The molecule has 0 bridgehead atoms. The molecule has 0 heterocycles. The van der Waals surface area contributed by atoms with Gasteiger partial charge in [-0.25, -0.2) is 0 Å². The summed E-state index contributed by atoms with van der Waals surface area (Å²) < 4.78 is 0. The van der Waals surface area contributed by atoms with E-state index in [9.17, 15) is 0 Å². The van der Waals surface area contributed by atoms with E-state index in [4.69, 9.17) is 5.73 Å². The zero-order chi connectivity index (χ0) is 11.5. The molecule has 2 rings (SSSR count). The first-order valence-electron chi connectivity index (χ1n) is 6.31. The molecule has 1 atom stereocenters. The number of hydrogen-bond acceptors (Lipinski definition) is 2. The molecule has 0 aromatic heterocycles. The van der Waals surface area contributed by atoms with E-state index in [1.165, 1.54) is 30.6 Å². The van der Waals surface area contributed by atoms with Gasteiger partial charge in [0.2, 0.25) is 0 Å². The molecule has 1 aliphatic carbocycles. The van der Waals surface area contributed by atoms with Crippen LogP contribution in [0.15, 0.2) is 24.3 Å². The molecule has 0 radical (unpaired) electrons. The number of rotatable bonds is 5. The molecule has 1 aliphatic rings. The van der Waals surface area contributed by atoms with Crippen molar-refractivity contribution in [3.63, 3.8) is 0 Å². The van der Waals surface area contributed by atoms with Crippen LogP contribution in [-0.2, 0) is 0 Å². The van der Waals surface area contributed by atoms with E-state index < -0.39 is 0 Å². The highest BCUT2D eigenvalue weighted by molar-refractivity contribution is 5.48. The molecule has 0 saturated heterocycles. The molecule has 1 aromatic rings. The number of hydrogen-bond donors (Lipinski definition) is 1. The van der Waals surface area contributed by atoms with Crippen molar-refractivity contribution >= 4 is 5.69 Å². The highest BCUT2D eigenvalue weighted by Crippen LogP contribution is 2.31. The van der Waals surface area contributed by atoms with Crippen molar-refractivity contribution in [3.8, 4) is 0 Å². The monoisotopic (exact) mass is 218 g/mol. The Balaban J connectivity index is 2.05. The summed E-state index contributed by atoms with van der Waals surface area (Å²) in [6.07, 6.45) is 2.82. The fraction of sp³-hybridized carbons (Fsp3) is 0.571. The Kier molecular flexibility index (Phi) is 3.49. The second kappa shape index (κ2) is 4.88. The molecule has 0 amide bonds. The first-order chi connectivity index (χ1) is 7.70. The van der Waals surface area contributed by atoms with Crippen LogP contribution < -0.4 is 10.6 Å². The summed E-state index contributed by atoms with van der Waals surface area (Å²) in [4.78, 5) is 2.46. The number of anilines is 1. The molecule has 2 heteroatoms. The molecule has 0 aliphatic heterocycles. The smallest absolute Gasteiger partial charge is 0.0366 e. The lowest BCUT2D eigenvalue weighted by Crippen LogP contribution is -2.25. The van der Waals surface area contributed by atoms with E-state index >= 15 is 0 Å². The standard InChI is InChI=1S/C14H22N2/c1-3-16(10-12-4-5-12)14-8-6-13(7-9-14)11(2)15/h6-9,11-12H,3-5,10,15H2,1-2H3/t11-/m1/s1. The Bertz CT molecular complexity index is 325. The molecular formula is C14H22N2. The minimum Gasteiger partial charge on any atom is -0.372 e. The maximum Gasteiger partial charge on any atom is 0.0366 e. The molecule has 1 saturated carbocycles. The lowest BCUT2D eigenvalue weighted by molar-refractivity contribution is 0.741. The van der Waals surface area contributed by atoms with Gasteiger partial charge in [0.05, 0.1) is 0 Å². The van der Waals surface area contributed by atoms with Crippen LogP contribution >= 0.6 is 0 Å². The summed E-state index contributed by atoms with van der Waals surface area (Å²) in [7, 11) is 0. The van der Waals surface area contributed by atoms with Gasteiger partial charge in [0.15, 0.2) is 0 Å². The summed E-state index contributed by atoms with van der Waals surface area (Å²) in [6.45, 7) is 6.56. The summed E-state index contributed by atoms with van der Waals surface area (Å²) in [6, 6.07) is 8.83. The molecule has 16 heavy (non-hydrogen) atoms. The molecule has 0 unspecified atom stereocenters. The summed E-state index contributed by atoms with van der Waals surface area (Å²) >= 11 is 0. The zero-order valence-corrected chi connectivity index (χ0v) is 10.3. The third-order valence-electron chi connectivity index (χ3n) is 3.34. The maximum atomic E-state index is 5.85. The first kappa shape index (κ1) is 11.5. The molecule has 1 fully saturated rings. The Morgan fingerprint density at radius 1 is 1.31 bits per heavy atom. The number of nitrogens with two attached hydrogens (primary N) is 1. The van der Waals surface area contributed by atoms with Gasteiger partial charge < -0.3 is 10.6 Å². The second-order valence-corrected chi connectivity index (χ2v) is 4.86. The fourth-order valence-corrected chi connectivity index (χ4v) is 2.02. The van der Waals surface area contributed by atoms with Crippen molar-refractivity contribution in [3.05, 3.63) is 29.8 Å². The van der Waals surface area contributed by atoms with Gasteiger partial charge in [-0.1, -0.05) is 12.1 Å². The summed E-state index contributed by atoms with van der Waals surface area (Å²) in [5.74, 6) is 0.938. The van der Waals surface area contributed by atoms with Crippen LogP contribution in [0.4, 0.5) is 5.69 Å². The van der Waals surface area contributed by atoms with E-state index in [-0.39, 0.29) is 6.04 Å². The molecule has 0 spiro atoms. The lowest BCUT2D eigenvalue weighted by atomic mass is 10.1. The Hall–Kier alpha value is -1.02. The largest absolute Gasteiger partial charge is 0.372 e. The van der Waals surface area contributed by atoms with Gasteiger partial charge in [0.1, 0.15) is 0 Å². The second-order valence-electron chi connectivity index (χ2n) is 4.86. The predicted octanol–water partition coefficient (Wildman–Crippen LogP) is 2.94. The summed E-state index contributed by atoms with van der Waals surface area (Å²) in [5.41, 5.74) is 8.40. The quantitative estimate of drug-likeness (QED) is 0.823. The van der Waals surface area contributed by atoms with Gasteiger partial charge >= 0.3 is 0 Å². The van der Waals surface area contributed by atoms with Gasteiger partial charge in [0.25, 0.3) is 0 Å². The van der Waals surface area contributed by atoms with Crippen LogP contribution in [0.3, 0.4) is 0 Å². The van der Waals surface area contributed by atoms with Crippen molar-refractivity contribution in [1.29, 1.82) is 0 Å². The number of benzene rings is 1.